The Hall–Kier alpha value is -2.15. The number of amides is 2. The molecule has 0 saturated heterocycles. The van der Waals surface area contributed by atoms with E-state index in [1.165, 1.54) is 6.20 Å². The maximum atomic E-state index is 11.6. The molecule has 2 aromatic heterocycles. The van der Waals surface area contributed by atoms with Crippen LogP contribution in [0.25, 0.3) is 0 Å². The molecule has 0 saturated carbocycles. The molecule has 92 valence electrons. The van der Waals surface area contributed by atoms with Crippen LogP contribution in [0.15, 0.2) is 41.1 Å². The van der Waals surface area contributed by atoms with E-state index < -0.39 is 11.8 Å². The summed E-state index contributed by atoms with van der Waals surface area (Å²) in [6.07, 6.45) is 3.12. The van der Waals surface area contributed by atoms with Crippen LogP contribution in [-0.4, -0.2) is 21.8 Å². The predicted molar refractivity (Wildman–Crippen MR) is 67.7 cm³/mol. The van der Waals surface area contributed by atoms with Gasteiger partial charge in [-0.1, -0.05) is 6.07 Å². The van der Waals surface area contributed by atoms with E-state index >= 15 is 0 Å². The largest absolute Gasteiger partial charge is 0.356 e. The molecular weight excluding hydrogens is 300 g/mol. The van der Waals surface area contributed by atoms with E-state index in [1.54, 1.807) is 30.5 Å². The first kappa shape index (κ1) is 12.3. The number of nitrogens with zero attached hydrogens (tertiary/aromatic N) is 1. The summed E-state index contributed by atoms with van der Waals surface area (Å²) in [5, 5.41) is 0. The van der Waals surface area contributed by atoms with Gasteiger partial charge in [0.1, 0.15) is 11.4 Å². The minimum atomic E-state index is -0.477. The van der Waals surface area contributed by atoms with Gasteiger partial charge < -0.3 is 4.98 Å². The van der Waals surface area contributed by atoms with Crippen molar-refractivity contribution in [3.05, 3.63) is 52.5 Å². The second-order valence-electron chi connectivity index (χ2n) is 3.35. The van der Waals surface area contributed by atoms with Gasteiger partial charge in [0.05, 0.1) is 0 Å². The summed E-state index contributed by atoms with van der Waals surface area (Å²) < 4.78 is 0.753. The van der Waals surface area contributed by atoms with Crippen molar-refractivity contribution in [2.45, 2.75) is 0 Å². The van der Waals surface area contributed by atoms with Crippen molar-refractivity contribution in [3.8, 4) is 0 Å². The SMILES string of the molecule is O=C(NNC(=O)c1cc(Br)c[nH]1)c1ccccn1. The number of hydrogen-bond donors (Lipinski definition) is 3. The molecule has 0 aliphatic carbocycles. The molecule has 0 fully saturated rings. The molecule has 6 nitrogen and oxygen atoms in total. The average molecular weight is 309 g/mol. The number of aromatic amines is 1. The van der Waals surface area contributed by atoms with E-state index in [-0.39, 0.29) is 5.69 Å². The van der Waals surface area contributed by atoms with Crippen LogP contribution < -0.4 is 10.9 Å². The third kappa shape index (κ3) is 2.95. The zero-order valence-corrected chi connectivity index (χ0v) is 10.7. The molecule has 0 bridgehead atoms. The van der Waals surface area contributed by atoms with Crippen LogP contribution in [0.3, 0.4) is 0 Å². The van der Waals surface area contributed by atoms with E-state index in [0.717, 1.165) is 4.47 Å². The van der Waals surface area contributed by atoms with Crippen LogP contribution in [0.1, 0.15) is 21.0 Å². The lowest BCUT2D eigenvalue weighted by Gasteiger charge is -2.05. The molecule has 0 unspecified atom stereocenters. The van der Waals surface area contributed by atoms with Crippen LogP contribution in [0.4, 0.5) is 0 Å². The maximum Gasteiger partial charge on any atom is 0.288 e. The number of rotatable bonds is 2. The summed E-state index contributed by atoms with van der Waals surface area (Å²) in [6, 6.07) is 6.53. The Labute approximate surface area is 111 Å². The molecule has 0 aliphatic rings. The van der Waals surface area contributed by atoms with E-state index in [1.807, 2.05) is 0 Å². The van der Waals surface area contributed by atoms with Crippen LogP contribution in [0.5, 0.6) is 0 Å². The lowest BCUT2D eigenvalue weighted by Crippen LogP contribution is -2.42. The topological polar surface area (TPSA) is 86.9 Å². The summed E-state index contributed by atoms with van der Waals surface area (Å²) in [5.74, 6) is -0.917. The Morgan fingerprint density at radius 2 is 2.00 bits per heavy atom. The molecule has 0 atom stereocenters. The molecule has 0 aliphatic heterocycles. The van der Waals surface area contributed by atoms with E-state index in [9.17, 15) is 9.59 Å². The average Bonchev–Trinajstić information content (AvgIpc) is 2.83. The van der Waals surface area contributed by atoms with Crippen LogP contribution in [-0.2, 0) is 0 Å². The molecule has 2 amide bonds. The summed E-state index contributed by atoms with van der Waals surface area (Å²) in [6.45, 7) is 0. The lowest BCUT2D eigenvalue weighted by atomic mass is 10.3. The second-order valence-corrected chi connectivity index (χ2v) is 4.27. The first-order valence-electron chi connectivity index (χ1n) is 5.02. The van der Waals surface area contributed by atoms with Gasteiger partial charge >= 0.3 is 0 Å². The number of H-pyrrole nitrogens is 1. The van der Waals surface area contributed by atoms with Crippen LogP contribution in [0.2, 0.25) is 0 Å². The molecule has 0 aromatic carbocycles. The fourth-order valence-electron chi connectivity index (χ4n) is 1.24. The first-order chi connectivity index (χ1) is 8.66. The minimum Gasteiger partial charge on any atom is -0.356 e. The van der Waals surface area contributed by atoms with Gasteiger partial charge in [-0.05, 0) is 34.1 Å². The number of halogens is 1. The molecule has 0 spiro atoms. The van der Waals surface area contributed by atoms with Gasteiger partial charge in [-0.15, -0.1) is 0 Å². The number of hydrazine groups is 1. The summed E-state index contributed by atoms with van der Waals surface area (Å²) in [5.41, 5.74) is 5.11. The minimum absolute atomic E-state index is 0.227. The van der Waals surface area contributed by atoms with Crippen molar-refractivity contribution in [1.82, 2.24) is 20.8 Å². The lowest BCUT2D eigenvalue weighted by molar-refractivity contribution is 0.0841. The van der Waals surface area contributed by atoms with Gasteiger partial charge in [0, 0.05) is 16.9 Å². The van der Waals surface area contributed by atoms with Crippen molar-refractivity contribution in [3.63, 3.8) is 0 Å². The smallest absolute Gasteiger partial charge is 0.288 e. The molecule has 2 rings (SSSR count). The third-order valence-electron chi connectivity index (χ3n) is 2.08. The zero-order chi connectivity index (χ0) is 13.0. The fraction of sp³-hybridized carbons (Fsp3) is 0. The maximum absolute atomic E-state index is 11.6. The van der Waals surface area contributed by atoms with Crippen molar-refractivity contribution in [2.24, 2.45) is 0 Å². The van der Waals surface area contributed by atoms with Crippen molar-refractivity contribution in [2.75, 3.05) is 0 Å². The highest BCUT2D eigenvalue weighted by Crippen LogP contribution is 2.09. The Balaban J connectivity index is 1.92. The predicted octanol–water partition coefficient (Wildman–Crippen LogP) is 1.25. The van der Waals surface area contributed by atoms with E-state index in [2.05, 4.69) is 36.7 Å². The van der Waals surface area contributed by atoms with Crippen molar-refractivity contribution < 1.29 is 9.59 Å². The fourth-order valence-corrected chi connectivity index (χ4v) is 1.58. The van der Waals surface area contributed by atoms with Gasteiger partial charge in [-0.25, -0.2) is 0 Å². The molecule has 7 heteroatoms. The molecule has 3 N–H and O–H groups in total. The van der Waals surface area contributed by atoms with E-state index in [4.69, 9.17) is 0 Å². The third-order valence-corrected chi connectivity index (χ3v) is 2.54. The Morgan fingerprint density at radius 3 is 2.61 bits per heavy atom. The number of carbonyl (C=O) groups excluding carboxylic acids is 2. The van der Waals surface area contributed by atoms with Crippen LogP contribution >= 0.6 is 15.9 Å². The van der Waals surface area contributed by atoms with Gasteiger partial charge in [-0.3, -0.25) is 25.4 Å². The zero-order valence-electron chi connectivity index (χ0n) is 9.11. The Kier molecular flexibility index (Phi) is 3.73. The molecule has 18 heavy (non-hydrogen) atoms. The quantitative estimate of drug-likeness (QED) is 0.730. The molecule has 2 heterocycles. The number of nitrogens with one attached hydrogen (secondary N) is 3. The molecule has 2 aromatic rings. The highest BCUT2D eigenvalue weighted by Gasteiger charge is 2.10. The normalized spacial score (nSPS) is 9.83. The Morgan fingerprint density at radius 1 is 1.22 bits per heavy atom. The van der Waals surface area contributed by atoms with Gasteiger partial charge in [-0.2, -0.15) is 0 Å². The summed E-state index contributed by atoms with van der Waals surface area (Å²) >= 11 is 3.21. The highest BCUT2D eigenvalue weighted by molar-refractivity contribution is 9.10. The Bertz CT molecular complexity index is 567. The number of carbonyl (C=O) groups is 2. The monoisotopic (exact) mass is 308 g/mol. The van der Waals surface area contributed by atoms with Gasteiger partial charge in [0.2, 0.25) is 0 Å². The highest BCUT2D eigenvalue weighted by atomic mass is 79.9. The van der Waals surface area contributed by atoms with Crippen molar-refractivity contribution >= 4 is 27.7 Å². The molecule has 0 radical (unpaired) electrons. The molecular formula is C11H9BrN4O2. The number of pyridine rings is 1. The summed E-state index contributed by atoms with van der Waals surface area (Å²) in [4.78, 5) is 29.8. The number of hydrogen-bond acceptors (Lipinski definition) is 3. The van der Waals surface area contributed by atoms with Gasteiger partial charge in [0.25, 0.3) is 11.8 Å². The van der Waals surface area contributed by atoms with Gasteiger partial charge in [0.15, 0.2) is 0 Å². The second kappa shape index (κ2) is 5.46. The first-order valence-corrected chi connectivity index (χ1v) is 5.82. The standard InChI is InChI=1S/C11H9BrN4O2/c12-7-5-9(14-6-7)11(18)16-15-10(17)8-3-1-2-4-13-8/h1-6,14H,(H,15,17)(H,16,18). The number of aromatic nitrogens is 2. The van der Waals surface area contributed by atoms with E-state index in [0.29, 0.717) is 5.69 Å². The van der Waals surface area contributed by atoms with Crippen LogP contribution in [0, 0.1) is 0 Å². The summed E-state index contributed by atoms with van der Waals surface area (Å²) in [7, 11) is 0. The van der Waals surface area contributed by atoms with Crippen molar-refractivity contribution in [1.29, 1.82) is 0 Å².